The zero-order valence-corrected chi connectivity index (χ0v) is 17.3. The van der Waals surface area contributed by atoms with Crippen molar-refractivity contribution < 1.29 is 14.6 Å². The summed E-state index contributed by atoms with van der Waals surface area (Å²) in [4.78, 5) is 12.4. The zero-order valence-electron chi connectivity index (χ0n) is 16.6. The summed E-state index contributed by atoms with van der Waals surface area (Å²) in [5.41, 5.74) is 2.08. The number of amides is 1. The Morgan fingerprint density at radius 1 is 0.967 bits per heavy atom. The Balaban J connectivity index is 1.43. The lowest BCUT2D eigenvalue weighted by molar-refractivity contribution is 0.102. The summed E-state index contributed by atoms with van der Waals surface area (Å²) in [6, 6.07) is 22.3. The lowest BCUT2D eigenvalue weighted by Crippen LogP contribution is -2.28. The molecule has 0 spiro atoms. The number of hydrogen-bond acceptors (Lipinski definition) is 3. The van der Waals surface area contributed by atoms with Gasteiger partial charge in [0.2, 0.25) is 0 Å². The number of carbonyl (C=O) groups excluding carboxylic acids is 1. The molecular weight excluding hydrogens is 398 g/mol. The van der Waals surface area contributed by atoms with Gasteiger partial charge in [0.25, 0.3) is 5.91 Å². The van der Waals surface area contributed by atoms with Crippen LogP contribution in [0.5, 0.6) is 11.5 Å². The van der Waals surface area contributed by atoms with Gasteiger partial charge >= 0.3 is 0 Å². The summed E-state index contributed by atoms with van der Waals surface area (Å²) >= 11 is 5.93. The molecule has 0 saturated heterocycles. The van der Waals surface area contributed by atoms with E-state index in [-0.39, 0.29) is 17.4 Å². The van der Waals surface area contributed by atoms with Crippen molar-refractivity contribution in [3.05, 3.63) is 88.9 Å². The van der Waals surface area contributed by atoms with E-state index in [9.17, 15) is 9.90 Å². The average molecular weight is 422 g/mol. The number of halogens is 1. The average Bonchev–Trinajstić information content (AvgIpc) is 2.78. The van der Waals surface area contributed by atoms with E-state index in [1.807, 2.05) is 18.2 Å². The first-order chi connectivity index (χ1) is 14.6. The van der Waals surface area contributed by atoms with Gasteiger partial charge in [0.05, 0.1) is 5.56 Å². The van der Waals surface area contributed by atoms with Gasteiger partial charge in [-0.1, -0.05) is 48.4 Å². The highest BCUT2D eigenvalue weighted by Gasteiger charge is 2.28. The first-order valence-electron chi connectivity index (χ1n) is 10.2. The summed E-state index contributed by atoms with van der Waals surface area (Å²) in [6.07, 6.45) is 4.70. The van der Waals surface area contributed by atoms with Crippen LogP contribution in [0.15, 0.2) is 72.8 Å². The monoisotopic (exact) mass is 421 g/mol. The maximum Gasteiger partial charge on any atom is 0.259 e. The minimum Gasteiger partial charge on any atom is -0.507 e. The SMILES string of the molecule is O=C(Nc1ccc(OC2CCCC[C@H]2c2ccccc2)cc1)c1cc(Cl)ccc1O. The Morgan fingerprint density at radius 3 is 2.47 bits per heavy atom. The quantitative estimate of drug-likeness (QED) is 0.500. The molecule has 1 saturated carbocycles. The summed E-state index contributed by atoms with van der Waals surface area (Å²) in [5.74, 6) is 0.651. The zero-order chi connectivity index (χ0) is 20.9. The molecule has 1 unspecified atom stereocenters. The van der Waals surface area contributed by atoms with Crippen molar-refractivity contribution in [1.29, 1.82) is 0 Å². The number of aromatic hydroxyl groups is 1. The number of carbonyl (C=O) groups is 1. The number of benzene rings is 3. The van der Waals surface area contributed by atoms with Crippen LogP contribution in [0.1, 0.15) is 47.5 Å². The Labute approximate surface area is 181 Å². The van der Waals surface area contributed by atoms with E-state index in [4.69, 9.17) is 16.3 Å². The number of ether oxygens (including phenoxy) is 1. The minimum atomic E-state index is -0.417. The van der Waals surface area contributed by atoms with Gasteiger partial charge < -0.3 is 15.2 Å². The Morgan fingerprint density at radius 2 is 1.70 bits per heavy atom. The fraction of sp³-hybridized carbons (Fsp3) is 0.240. The van der Waals surface area contributed by atoms with Gasteiger partial charge in [0.15, 0.2) is 0 Å². The molecule has 0 aliphatic heterocycles. The van der Waals surface area contributed by atoms with Crippen LogP contribution in [-0.4, -0.2) is 17.1 Å². The summed E-state index contributed by atoms with van der Waals surface area (Å²) in [5, 5.41) is 13.1. The minimum absolute atomic E-state index is 0.110. The molecular formula is C25H24ClNO3. The number of hydrogen-bond donors (Lipinski definition) is 2. The highest BCUT2D eigenvalue weighted by atomic mass is 35.5. The molecule has 4 rings (SSSR count). The smallest absolute Gasteiger partial charge is 0.259 e. The Kier molecular flexibility index (Phi) is 6.24. The third-order valence-electron chi connectivity index (χ3n) is 5.53. The summed E-state index contributed by atoms with van der Waals surface area (Å²) in [7, 11) is 0. The maximum absolute atomic E-state index is 12.4. The maximum atomic E-state index is 12.4. The molecule has 3 aromatic carbocycles. The number of phenolic OH excluding ortho intramolecular Hbond substituents is 1. The van der Waals surface area contributed by atoms with Crippen molar-refractivity contribution in [3.8, 4) is 11.5 Å². The molecule has 0 heterocycles. The molecule has 0 aromatic heterocycles. The van der Waals surface area contributed by atoms with Gasteiger partial charge in [-0.3, -0.25) is 4.79 Å². The number of rotatable bonds is 5. The van der Waals surface area contributed by atoms with Crippen LogP contribution < -0.4 is 10.1 Å². The molecule has 5 heteroatoms. The molecule has 1 fully saturated rings. The van der Waals surface area contributed by atoms with E-state index in [1.54, 1.807) is 12.1 Å². The van der Waals surface area contributed by atoms with Gasteiger partial charge in [0.1, 0.15) is 17.6 Å². The highest BCUT2D eigenvalue weighted by molar-refractivity contribution is 6.31. The van der Waals surface area contributed by atoms with Gasteiger partial charge in [-0.15, -0.1) is 0 Å². The van der Waals surface area contributed by atoms with E-state index >= 15 is 0 Å². The van der Waals surface area contributed by atoms with E-state index in [1.165, 1.54) is 36.6 Å². The Bertz CT molecular complexity index is 1000. The molecule has 4 nitrogen and oxygen atoms in total. The van der Waals surface area contributed by atoms with Crippen molar-refractivity contribution >= 4 is 23.2 Å². The van der Waals surface area contributed by atoms with Crippen molar-refractivity contribution in [2.24, 2.45) is 0 Å². The molecule has 1 aliphatic rings. The first kappa shape index (κ1) is 20.3. The van der Waals surface area contributed by atoms with Gasteiger partial charge in [0, 0.05) is 16.6 Å². The first-order valence-corrected chi connectivity index (χ1v) is 10.6. The molecule has 1 aliphatic carbocycles. The molecule has 3 aromatic rings. The Hall–Kier alpha value is -2.98. The molecule has 0 bridgehead atoms. The van der Waals surface area contributed by atoms with Gasteiger partial charge in [-0.05, 0) is 67.3 Å². The van der Waals surface area contributed by atoms with E-state index in [2.05, 4.69) is 29.6 Å². The third kappa shape index (κ3) is 4.77. The highest BCUT2D eigenvalue weighted by Crippen LogP contribution is 2.36. The van der Waals surface area contributed by atoms with E-state index in [0.29, 0.717) is 16.6 Å². The lowest BCUT2D eigenvalue weighted by Gasteiger charge is -2.32. The van der Waals surface area contributed by atoms with Crippen LogP contribution in [0.2, 0.25) is 5.02 Å². The molecule has 0 radical (unpaired) electrons. The van der Waals surface area contributed by atoms with Crippen molar-refractivity contribution in [3.63, 3.8) is 0 Å². The van der Waals surface area contributed by atoms with Crippen molar-refractivity contribution in [1.82, 2.24) is 0 Å². The van der Waals surface area contributed by atoms with Gasteiger partial charge in [-0.2, -0.15) is 0 Å². The van der Waals surface area contributed by atoms with Crippen LogP contribution in [0.25, 0.3) is 0 Å². The predicted octanol–water partition coefficient (Wildman–Crippen LogP) is 6.40. The topological polar surface area (TPSA) is 58.6 Å². The normalized spacial score (nSPS) is 18.6. The molecule has 154 valence electrons. The van der Waals surface area contributed by atoms with Crippen LogP contribution in [-0.2, 0) is 0 Å². The lowest BCUT2D eigenvalue weighted by atomic mass is 9.81. The van der Waals surface area contributed by atoms with Crippen LogP contribution in [0.4, 0.5) is 5.69 Å². The molecule has 2 N–H and O–H groups in total. The van der Waals surface area contributed by atoms with Crippen LogP contribution >= 0.6 is 11.6 Å². The summed E-state index contributed by atoms with van der Waals surface area (Å²) < 4.78 is 6.33. The number of nitrogens with one attached hydrogen (secondary N) is 1. The standard InChI is InChI=1S/C25H24ClNO3/c26-18-10-15-23(28)22(16-18)25(29)27-19-11-13-20(14-12-19)30-24-9-5-4-8-21(24)17-6-2-1-3-7-17/h1-3,6-7,10-16,21,24,28H,4-5,8-9H2,(H,27,29)/t21-,24?/m0/s1. The molecule has 2 atom stereocenters. The van der Waals surface area contributed by atoms with Crippen molar-refractivity contribution in [2.45, 2.75) is 37.7 Å². The molecule has 1 amide bonds. The largest absolute Gasteiger partial charge is 0.507 e. The second kappa shape index (κ2) is 9.23. The second-order valence-corrected chi connectivity index (χ2v) is 8.03. The third-order valence-corrected chi connectivity index (χ3v) is 5.77. The van der Waals surface area contributed by atoms with Gasteiger partial charge in [-0.25, -0.2) is 0 Å². The second-order valence-electron chi connectivity index (χ2n) is 7.60. The fourth-order valence-corrected chi connectivity index (χ4v) is 4.17. The number of phenols is 1. The summed E-state index contributed by atoms with van der Waals surface area (Å²) in [6.45, 7) is 0. The van der Waals surface area contributed by atoms with E-state index in [0.717, 1.165) is 18.6 Å². The van der Waals surface area contributed by atoms with Crippen LogP contribution in [0, 0.1) is 0 Å². The number of anilines is 1. The van der Waals surface area contributed by atoms with E-state index < -0.39 is 5.91 Å². The van der Waals surface area contributed by atoms with Crippen LogP contribution in [0.3, 0.4) is 0 Å². The predicted molar refractivity (Wildman–Crippen MR) is 120 cm³/mol. The van der Waals surface area contributed by atoms with Crippen molar-refractivity contribution in [2.75, 3.05) is 5.32 Å². The fourth-order valence-electron chi connectivity index (χ4n) is 4.00. The molecule has 30 heavy (non-hydrogen) atoms.